The monoisotopic (exact) mass is 253 g/mol. The SMILES string of the molecule is Cc1nc(C(C)NC(=O)c2ccns2)cs1. The summed E-state index contributed by atoms with van der Waals surface area (Å²) in [6, 6.07) is 1.64. The molecule has 0 aliphatic heterocycles. The molecule has 0 saturated heterocycles. The molecule has 0 aromatic carbocycles. The molecule has 6 heteroatoms. The van der Waals surface area contributed by atoms with Crippen molar-refractivity contribution in [2.45, 2.75) is 19.9 Å². The van der Waals surface area contributed by atoms with Crippen LogP contribution in [0.15, 0.2) is 17.6 Å². The molecule has 2 aromatic heterocycles. The summed E-state index contributed by atoms with van der Waals surface area (Å²) in [5.41, 5.74) is 0.903. The van der Waals surface area contributed by atoms with E-state index in [1.807, 2.05) is 19.2 Å². The molecule has 0 spiro atoms. The highest BCUT2D eigenvalue weighted by molar-refractivity contribution is 7.09. The van der Waals surface area contributed by atoms with Gasteiger partial charge in [-0.25, -0.2) is 9.36 Å². The van der Waals surface area contributed by atoms with Crippen LogP contribution in [0, 0.1) is 6.92 Å². The molecule has 2 aromatic rings. The van der Waals surface area contributed by atoms with Gasteiger partial charge in [-0.05, 0) is 31.4 Å². The van der Waals surface area contributed by atoms with Gasteiger partial charge in [0, 0.05) is 11.6 Å². The topological polar surface area (TPSA) is 54.9 Å². The Balaban J connectivity index is 2.03. The predicted molar refractivity (Wildman–Crippen MR) is 64.8 cm³/mol. The standard InChI is InChI=1S/C10H11N3OS2/c1-6(8-5-15-7(2)13-8)12-10(14)9-3-4-11-16-9/h3-6H,1-2H3,(H,12,14). The van der Waals surface area contributed by atoms with Crippen molar-refractivity contribution < 1.29 is 4.79 Å². The number of carbonyl (C=O) groups excluding carboxylic acids is 1. The molecule has 1 N–H and O–H groups in total. The molecule has 1 atom stereocenters. The Morgan fingerprint density at radius 2 is 2.38 bits per heavy atom. The third-order valence-corrected chi connectivity index (χ3v) is 3.63. The molecule has 2 rings (SSSR count). The highest BCUT2D eigenvalue weighted by Gasteiger charge is 2.14. The number of thiazole rings is 1. The maximum atomic E-state index is 11.7. The Morgan fingerprint density at radius 1 is 1.56 bits per heavy atom. The van der Waals surface area contributed by atoms with Gasteiger partial charge in [-0.15, -0.1) is 11.3 Å². The van der Waals surface area contributed by atoms with Crippen molar-refractivity contribution in [1.82, 2.24) is 14.7 Å². The van der Waals surface area contributed by atoms with Crippen LogP contribution in [0.2, 0.25) is 0 Å². The molecule has 0 aliphatic carbocycles. The summed E-state index contributed by atoms with van der Waals surface area (Å²) >= 11 is 2.78. The van der Waals surface area contributed by atoms with Gasteiger partial charge in [-0.2, -0.15) is 0 Å². The second-order valence-electron chi connectivity index (χ2n) is 3.36. The maximum absolute atomic E-state index is 11.7. The first-order chi connectivity index (χ1) is 7.66. The fourth-order valence-corrected chi connectivity index (χ4v) is 2.46. The van der Waals surface area contributed by atoms with Crippen molar-refractivity contribution in [3.8, 4) is 0 Å². The van der Waals surface area contributed by atoms with E-state index in [1.165, 1.54) is 11.5 Å². The van der Waals surface area contributed by atoms with Crippen LogP contribution in [0.5, 0.6) is 0 Å². The maximum Gasteiger partial charge on any atom is 0.263 e. The van der Waals surface area contributed by atoms with Crippen LogP contribution in [0.25, 0.3) is 0 Å². The van der Waals surface area contributed by atoms with Gasteiger partial charge in [0.25, 0.3) is 5.91 Å². The highest BCUT2D eigenvalue weighted by atomic mass is 32.1. The Morgan fingerprint density at radius 3 is 2.94 bits per heavy atom. The van der Waals surface area contributed by atoms with E-state index >= 15 is 0 Å². The van der Waals surface area contributed by atoms with Crippen molar-refractivity contribution in [3.05, 3.63) is 33.2 Å². The summed E-state index contributed by atoms with van der Waals surface area (Å²) in [5, 5.41) is 5.86. The van der Waals surface area contributed by atoms with Crippen LogP contribution in [-0.4, -0.2) is 15.3 Å². The minimum atomic E-state index is -0.0966. The second kappa shape index (κ2) is 4.71. The van der Waals surface area contributed by atoms with Crippen molar-refractivity contribution in [2.24, 2.45) is 0 Å². The molecular weight excluding hydrogens is 242 g/mol. The first-order valence-electron chi connectivity index (χ1n) is 4.80. The summed E-state index contributed by atoms with van der Waals surface area (Å²) in [5.74, 6) is -0.0966. The number of rotatable bonds is 3. The molecule has 84 valence electrons. The van der Waals surface area contributed by atoms with Gasteiger partial charge in [-0.3, -0.25) is 4.79 Å². The minimum Gasteiger partial charge on any atom is -0.343 e. The fourth-order valence-electron chi connectivity index (χ4n) is 1.25. The number of aromatic nitrogens is 2. The molecule has 0 fully saturated rings. The van der Waals surface area contributed by atoms with Gasteiger partial charge in [0.2, 0.25) is 0 Å². The molecular formula is C10H11N3OS2. The van der Waals surface area contributed by atoms with Crippen LogP contribution in [0.4, 0.5) is 0 Å². The van der Waals surface area contributed by atoms with Crippen LogP contribution in [0.3, 0.4) is 0 Å². The lowest BCUT2D eigenvalue weighted by atomic mass is 10.2. The number of carbonyl (C=O) groups is 1. The fraction of sp³-hybridized carbons (Fsp3) is 0.300. The van der Waals surface area contributed by atoms with Crippen molar-refractivity contribution >= 4 is 28.8 Å². The summed E-state index contributed by atoms with van der Waals surface area (Å²) in [4.78, 5) is 16.7. The van der Waals surface area contributed by atoms with Crippen molar-refractivity contribution in [2.75, 3.05) is 0 Å². The second-order valence-corrected chi connectivity index (χ2v) is 5.26. The molecule has 1 unspecified atom stereocenters. The molecule has 2 heterocycles. The van der Waals surface area contributed by atoms with E-state index in [2.05, 4.69) is 14.7 Å². The molecule has 4 nitrogen and oxygen atoms in total. The van der Waals surface area contributed by atoms with Gasteiger partial charge >= 0.3 is 0 Å². The molecule has 0 saturated carbocycles. The van der Waals surface area contributed by atoms with Crippen LogP contribution >= 0.6 is 22.9 Å². The lowest BCUT2D eigenvalue weighted by Crippen LogP contribution is -2.26. The average Bonchev–Trinajstić information content (AvgIpc) is 2.87. The average molecular weight is 253 g/mol. The first kappa shape index (κ1) is 11.2. The molecule has 16 heavy (non-hydrogen) atoms. The van der Waals surface area contributed by atoms with Gasteiger partial charge in [-0.1, -0.05) is 0 Å². The quantitative estimate of drug-likeness (QED) is 0.913. The highest BCUT2D eigenvalue weighted by Crippen LogP contribution is 2.16. The summed E-state index contributed by atoms with van der Waals surface area (Å²) < 4.78 is 3.89. The van der Waals surface area contributed by atoms with E-state index in [-0.39, 0.29) is 11.9 Å². The molecule has 0 radical (unpaired) electrons. The normalized spacial score (nSPS) is 12.4. The van der Waals surface area contributed by atoms with Crippen molar-refractivity contribution in [1.29, 1.82) is 0 Å². The molecule has 0 bridgehead atoms. The van der Waals surface area contributed by atoms with E-state index < -0.39 is 0 Å². The molecule has 1 amide bonds. The summed E-state index contributed by atoms with van der Waals surface area (Å²) in [6.45, 7) is 3.87. The lowest BCUT2D eigenvalue weighted by molar-refractivity contribution is 0.0943. The van der Waals surface area contributed by atoms with Crippen LogP contribution in [0.1, 0.15) is 33.3 Å². The number of nitrogens with one attached hydrogen (secondary N) is 1. The molecule has 0 aliphatic rings. The van der Waals surface area contributed by atoms with E-state index in [1.54, 1.807) is 23.6 Å². The van der Waals surface area contributed by atoms with Crippen molar-refractivity contribution in [3.63, 3.8) is 0 Å². The third kappa shape index (κ3) is 2.45. The minimum absolute atomic E-state index is 0.0699. The summed E-state index contributed by atoms with van der Waals surface area (Å²) in [7, 11) is 0. The first-order valence-corrected chi connectivity index (χ1v) is 6.45. The zero-order valence-electron chi connectivity index (χ0n) is 8.93. The van der Waals surface area contributed by atoms with Crippen LogP contribution in [-0.2, 0) is 0 Å². The Labute approximate surface area is 102 Å². The van der Waals surface area contributed by atoms with Gasteiger partial charge in [0.05, 0.1) is 16.7 Å². The zero-order chi connectivity index (χ0) is 11.5. The number of amides is 1. The lowest BCUT2D eigenvalue weighted by Gasteiger charge is -2.09. The van der Waals surface area contributed by atoms with E-state index in [4.69, 9.17) is 0 Å². The van der Waals surface area contributed by atoms with E-state index in [9.17, 15) is 4.79 Å². The third-order valence-electron chi connectivity index (χ3n) is 2.09. The number of aryl methyl sites for hydroxylation is 1. The number of nitrogens with zero attached hydrogens (tertiary/aromatic N) is 2. The van der Waals surface area contributed by atoms with Gasteiger partial charge < -0.3 is 5.32 Å². The predicted octanol–water partition coefficient (Wildman–Crippen LogP) is 2.40. The van der Waals surface area contributed by atoms with Crippen LogP contribution < -0.4 is 5.32 Å². The Kier molecular flexibility index (Phi) is 3.31. The van der Waals surface area contributed by atoms with Gasteiger partial charge in [0.1, 0.15) is 4.88 Å². The summed E-state index contributed by atoms with van der Waals surface area (Å²) in [6.07, 6.45) is 1.62. The smallest absolute Gasteiger partial charge is 0.263 e. The van der Waals surface area contributed by atoms with E-state index in [0.717, 1.165) is 10.7 Å². The zero-order valence-corrected chi connectivity index (χ0v) is 10.6. The number of hydrogen-bond donors (Lipinski definition) is 1. The number of hydrogen-bond acceptors (Lipinski definition) is 5. The largest absolute Gasteiger partial charge is 0.343 e. The Bertz CT molecular complexity index is 478. The van der Waals surface area contributed by atoms with E-state index in [0.29, 0.717) is 4.88 Å². The van der Waals surface area contributed by atoms with Gasteiger partial charge in [0.15, 0.2) is 0 Å². The Hall–Kier alpha value is -1.27.